The topological polar surface area (TPSA) is 56.1 Å². The minimum Gasteiger partial charge on any atom is -0.361 e. The molecule has 0 aliphatic carbocycles. The lowest BCUT2D eigenvalue weighted by atomic mass is 10.2. The van der Waals surface area contributed by atoms with E-state index < -0.39 is 22.7 Å². The molecule has 1 heterocycles. The number of ether oxygens (including phenoxy) is 1. The van der Waals surface area contributed by atoms with Crippen molar-refractivity contribution in [3.8, 4) is 0 Å². The van der Waals surface area contributed by atoms with E-state index in [0.29, 0.717) is 6.61 Å². The molecule has 1 aromatic heterocycles. The first-order chi connectivity index (χ1) is 11.6. The first kappa shape index (κ1) is 19.8. The number of rotatable bonds is 5. The van der Waals surface area contributed by atoms with Gasteiger partial charge in [0.15, 0.2) is 5.15 Å². The molecule has 25 heavy (non-hydrogen) atoms. The summed E-state index contributed by atoms with van der Waals surface area (Å²) in [5.41, 5.74) is -1.18. The van der Waals surface area contributed by atoms with E-state index in [1.165, 1.54) is 10.6 Å². The van der Waals surface area contributed by atoms with Gasteiger partial charge in [-0.1, -0.05) is 34.8 Å². The normalized spacial score (nSPS) is 11.6. The van der Waals surface area contributed by atoms with Gasteiger partial charge in [-0.2, -0.15) is 13.2 Å². The van der Waals surface area contributed by atoms with Crippen molar-refractivity contribution in [3.05, 3.63) is 44.9 Å². The van der Waals surface area contributed by atoms with Gasteiger partial charge in [0.1, 0.15) is 11.9 Å². The molecule has 0 aliphatic rings. The van der Waals surface area contributed by atoms with Crippen molar-refractivity contribution < 1.29 is 22.7 Å². The zero-order chi connectivity index (χ0) is 18.8. The lowest BCUT2D eigenvalue weighted by Crippen LogP contribution is -2.19. The summed E-state index contributed by atoms with van der Waals surface area (Å²) < 4.78 is 45.0. The van der Waals surface area contributed by atoms with E-state index in [4.69, 9.17) is 39.5 Å². The number of carbonyl (C=O) groups excluding carboxylic acids is 1. The molecule has 0 radical (unpaired) electrons. The van der Waals surface area contributed by atoms with Crippen LogP contribution in [0.4, 0.5) is 18.9 Å². The van der Waals surface area contributed by atoms with Gasteiger partial charge in [-0.15, -0.1) is 0 Å². The third-order valence-corrected chi connectivity index (χ3v) is 4.10. The number of halogens is 6. The molecule has 2 rings (SSSR count). The van der Waals surface area contributed by atoms with Crippen LogP contribution in [0, 0.1) is 0 Å². The number of alkyl halides is 3. The molecule has 0 fully saturated rings. The van der Waals surface area contributed by atoms with Gasteiger partial charge in [0.05, 0.1) is 10.6 Å². The van der Waals surface area contributed by atoms with Gasteiger partial charge < -0.3 is 10.1 Å². The molecule has 0 spiro atoms. The van der Waals surface area contributed by atoms with Crippen LogP contribution in [0.25, 0.3) is 0 Å². The van der Waals surface area contributed by atoms with Gasteiger partial charge in [0.25, 0.3) is 5.91 Å². The van der Waals surface area contributed by atoms with Crippen LogP contribution in [0.2, 0.25) is 15.3 Å². The Labute approximate surface area is 155 Å². The van der Waals surface area contributed by atoms with Crippen molar-refractivity contribution in [2.75, 3.05) is 11.9 Å². The predicted octanol–water partition coefficient (Wildman–Crippen LogP) is 5.11. The van der Waals surface area contributed by atoms with Crippen LogP contribution in [-0.4, -0.2) is 22.1 Å². The molecule has 0 aliphatic heterocycles. The molecule has 1 amide bonds. The number of benzene rings is 1. The van der Waals surface area contributed by atoms with Crippen LogP contribution < -0.4 is 5.32 Å². The number of hydrogen-bond acceptors (Lipinski definition) is 3. The predicted molar refractivity (Wildman–Crippen MR) is 88.3 cm³/mol. The van der Waals surface area contributed by atoms with E-state index in [0.717, 1.165) is 12.1 Å². The first-order valence-corrected chi connectivity index (χ1v) is 7.96. The third-order valence-electron chi connectivity index (χ3n) is 3.02. The van der Waals surface area contributed by atoms with Crippen LogP contribution in [0.15, 0.2) is 18.2 Å². The molecule has 1 aromatic carbocycles. The van der Waals surface area contributed by atoms with E-state index in [1.54, 1.807) is 6.92 Å². The van der Waals surface area contributed by atoms with Gasteiger partial charge in [0.2, 0.25) is 5.82 Å². The molecular formula is C14H11Cl3F3N3O2. The van der Waals surface area contributed by atoms with E-state index in [1.807, 2.05) is 0 Å². The van der Waals surface area contributed by atoms with E-state index in [-0.39, 0.29) is 28.5 Å². The maximum absolute atomic E-state index is 12.9. The Hall–Kier alpha value is -1.48. The molecule has 0 unspecified atom stereocenters. The molecule has 136 valence electrons. The summed E-state index contributed by atoms with van der Waals surface area (Å²) in [4.78, 5) is 16.1. The Morgan fingerprint density at radius 1 is 1.32 bits per heavy atom. The lowest BCUT2D eigenvalue weighted by Gasteiger charge is -2.12. The molecule has 2 aromatic rings. The highest BCUT2D eigenvalue weighted by atomic mass is 35.5. The van der Waals surface area contributed by atoms with Crippen LogP contribution in [-0.2, 0) is 17.6 Å². The van der Waals surface area contributed by atoms with Gasteiger partial charge in [-0.3, -0.25) is 9.36 Å². The maximum atomic E-state index is 12.9. The number of carbonyl (C=O) groups is 1. The van der Waals surface area contributed by atoms with Gasteiger partial charge >= 0.3 is 6.18 Å². The highest BCUT2D eigenvalue weighted by Gasteiger charge is 2.33. The average Bonchev–Trinajstić information content (AvgIpc) is 2.81. The number of aromatic nitrogens is 2. The average molecular weight is 417 g/mol. The van der Waals surface area contributed by atoms with Crippen molar-refractivity contribution in [3.63, 3.8) is 0 Å². The van der Waals surface area contributed by atoms with Crippen LogP contribution >= 0.6 is 34.8 Å². The summed E-state index contributed by atoms with van der Waals surface area (Å²) in [6, 6.07) is 2.99. The maximum Gasteiger partial charge on any atom is 0.417 e. The third kappa shape index (κ3) is 4.58. The molecule has 11 heteroatoms. The Kier molecular flexibility index (Phi) is 6.21. The van der Waals surface area contributed by atoms with Gasteiger partial charge in [-0.25, -0.2) is 4.98 Å². The molecule has 0 bridgehead atoms. The molecule has 0 saturated carbocycles. The van der Waals surface area contributed by atoms with Crippen molar-refractivity contribution >= 4 is 46.4 Å². The van der Waals surface area contributed by atoms with Crippen LogP contribution in [0.3, 0.4) is 0 Å². The number of hydrogen-bond donors (Lipinski definition) is 1. The van der Waals surface area contributed by atoms with Gasteiger partial charge in [0, 0.05) is 12.3 Å². The van der Waals surface area contributed by atoms with Crippen molar-refractivity contribution in [1.29, 1.82) is 0 Å². The molecule has 5 nitrogen and oxygen atoms in total. The SMILES string of the molecule is CCOCn1c(C(=O)Nc2ccc(Cl)c(C(F)(F)F)c2)nc(Cl)c1Cl. The fraction of sp³-hybridized carbons (Fsp3) is 0.286. The first-order valence-electron chi connectivity index (χ1n) is 6.82. The number of amides is 1. The standard InChI is InChI=1S/C14H11Cl3F3N3O2/c1-2-25-6-23-11(17)10(16)22-12(23)13(24)21-7-3-4-9(15)8(5-7)14(18,19)20/h3-5H,2,6H2,1H3,(H,21,24). The molecule has 0 atom stereocenters. The van der Waals surface area contributed by atoms with Crippen molar-refractivity contribution in [1.82, 2.24) is 9.55 Å². The quantitative estimate of drug-likeness (QED) is 0.737. The summed E-state index contributed by atoms with van der Waals surface area (Å²) in [6.45, 7) is 1.99. The number of imidazole rings is 1. The monoisotopic (exact) mass is 415 g/mol. The second-order valence-corrected chi connectivity index (χ2v) is 5.84. The Morgan fingerprint density at radius 2 is 2.00 bits per heavy atom. The van der Waals surface area contributed by atoms with Crippen molar-refractivity contribution in [2.24, 2.45) is 0 Å². The Balaban J connectivity index is 2.30. The highest BCUT2D eigenvalue weighted by molar-refractivity contribution is 6.41. The van der Waals surface area contributed by atoms with Crippen LogP contribution in [0.1, 0.15) is 23.1 Å². The summed E-state index contributed by atoms with van der Waals surface area (Å²) in [6.07, 6.45) is -4.65. The second kappa shape index (κ2) is 7.82. The minimum atomic E-state index is -4.65. The lowest BCUT2D eigenvalue weighted by molar-refractivity contribution is -0.137. The summed E-state index contributed by atoms with van der Waals surface area (Å²) in [7, 11) is 0. The smallest absolute Gasteiger partial charge is 0.361 e. The summed E-state index contributed by atoms with van der Waals surface area (Å²) >= 11 is 17.3. The fourth-order valence-corrected chi connectivity index (χ4v) is 2.46. The summed E-state index contributed by atoms with van der Waals surface area (Å²) in [5.74, 6) is -1.00. The Morgan fingerprint density at radius 3 is 2.60 bits per heavy atom. The van der Waals surface area contributed by atoms with E-state index in [9.17, 15) is 18.0 Å². The van der Waals surface area contributed by atoms with E-state index >= 15 is 0 Å². The number of nitrogens with zero attached hydrogens (tertiary/aromatic N) is 2. The highest BCUT2D eigenvalue weighted by Crippen LogP contribution is 2.36. The van der Waals surface area contributed by atoms with Crippen molar-refractivity contribution in [2.45, 2.75) is 19.8 Å². The largest absolute Gasteiger partial charge is 0.417 e. The molecule has 0 saturated heterocycles. The molecular weight excluding hydrogens is 406 g/mol. The summed E-state index contributed by atoms with van der Waals surface area (Å²) in [5, 5.41) is 1.68. The second-order valence-electron chi connectivity index (χ2n) is 4.71. The minimum absolute atomic E-state index is 0.0210. The molecule has 1 N–H and O–H groups in total. The van der Waals surface area contributed by atoms with E-state index in [2.05, 4.69) is 10.3 Å². The Bertz CT molecular complexity index is 794. The zero-order valence-electron chi connectivity index (χ0n) is 12.6. The fourth-order valence-electron chi connectivity index (χ4n) is 1.88. The van der Waals surface area contributed by atoms with Gasteiger partial charge in [-0.05, 0) is 25.1 Å². The number of anilines is 1. The number of nitrogens with one attached hydrogen (secondary N) is 1. The van der Waals surface area contributed by atoms with Crippen LogP contribution in [0.5, 0.6) is 0 Å². The zero-order valence-corrected chi connectivity index (χ0v) is 14.9.